The summed E-state index contributed by atoms with van der Waals surface area (Å²) >= 11 is 0. The summed E-state index contributed by atoms with van der Waals surface area (Å²) in [5.74, 6) is -0.612. The first-order valence-electron chi connectivity index (χ1n) is 14.7. The van der Waals surface area contributed by atoms with Gasteiger partial charge in [0.25, 0.3) is 5.91 Å². The van der Waals surface area contributed by atoms with E-state index in [2.05, 4.69) is 44.9 Å². The number of rotatable bonds is 11. The van der Waals surface area contributed by atoms with E-state index in [0.29, 0.717) is 25.3 Å². The monoisotopic (exact) mass is 545 g/mol. The number of benzene rings is 2. The number of aromatic nitrogens is 1. The van der Waals surface area contributed by atoms with Crippen LogP contribution in [-0.4, -0.2) is 97.2 Å². The molecule has 2 aliphatic heterocycles. The lowest BCUT2D eigenvalue weighted by molar-refractivity contribution is -0.124. The van der Waals surface area contributed by atoms with Crippen LogP contribution in [-0.2, 0) is 16.6 Å². The molecule has 2 aliphatic rings. The molecular weight excluding hydrogens is 502 g/mol. The molecule has 8 nitrogen and oxygen atoms in total. The molecule has 0 spiro atoms. The highest BCUT2D eigenvalue weighted by Gasteiger charge is 2.44. The van der Waals surface area contributed by atoms with Crippen molar-refractivity contribution in [2.45, 2.75) is 31.7 Å². The minimum atomic E-state index is -0.519. The van der Waals surface area contributed by atoms with Crippen molar-refractivity contribution in [2.75, 3.05) is 66.1 Å². The highest BCUT2D eigenvalue weighted by atomic mass is 16.5. The third-order valence-electron chi connectivity index (χ3n) is 8.46. The zero-order valence-corrected chi connectivity index (χ0v) is 24.1. The standard InChI is InChI=1S/C32H43N5O3/c1-4-15-35-17-19-36(20-18-35)16-9-14-33-31(38)29-25-11-5-6-12-26(25)32(39)37(21-22-40-3)30(29)27-23-34(2)28-13-8-7-10-24(27)28/h5-8,10-13,23,29-30H,4,9,14-22H2,1-3H3,(H,33,38). The summed E-state index contributed by atoms with van der Waals surface area (Å²) in [6.07, 6.45) is 4.18. The van der Waals surface area contributed by atoms with Crippen LogP contribution in [0.15, 0.2) is 54.7 Å². The Morgan fingerprint density at radius 1 is 0.950 bits per heavy atom. The van der Waals surface area contributed by atoms with Gasteiger partial charge < -0.3 is 29.3 Å². The van der Waals surface area contributed by atoms with Crippen LogP contribution in [0, 0.1) is 0 Å². The number of piperazine rings is 1. The number of hydrogen-bond acceptors (Lipinski definition) is 5. The van der Waals surface area contributed by atoms with Gasteiger partial charge in [-0.3, -0.25) is 9.59 Å². The van der Waals surface area contributed by atoms with Crippen LogP contribution in [0.4, 0.5) is 0 Å². The minimum Gasteiger partial charge on any atom is -0.383 e. The number of para-hydroxylation sites is 1. The van der Waals surface area contributed by atoms with Crippen LogP contribution in [0.25, 0.3) is 10.9 Å². The van der Waals surface area contributed by atoms with Crippen molar-refractivity contribution in [3.05, 3.63) is 71.4 Å². The largest absolute Gasteiger partial charge is 0.383 e. The summed E-state index contributed by atoms with van der Waals surface area (Å²) in [5.41, 5.74) is 3.46. The summed E-state index contributed by atoms with van der Waals surface area (Å²) in [4.78, 5) is 34.8. The Labute approximate surface area is 237 Å². The normalized spacial score (nSPS) is 20.2. The number of ether oxygens (including phenoxy) is 1. The van der Waals surface area contributed by atoms with Crippen molar-refractivity contribution in [3.63, 3.8) is 0 Å². The van der Waals surface area contributed by atoms with Crippen molar-refractivity contribution in [1.29, 1.82) is 0 Å². The van der Waals surface area contributed by atoms with Gasteiger partial charge in [-0.05, 0) is 43.6 Å². The van der Waals surface area contributed by atoms with Gasteiger partial charge in [0.15, 0.2) is 0 Å². The maximum Gasteiger partial charge on any atom is 0.254 e. The lowest BCUT2D eigenvalue weighted by Crippen LogP contribution is -2.49. The molecule has 1 N–H and O–H groups in total. The van der Waals surface area contributed by atoms with E-state index in [0.717, 1.165) is 61.2 Å². The van der Waals surface area contributed by atoms with Crippen LogP contribution >= 0.6 is 0 Å². The number of carbonyl (C=O) groups excluding carboxylic acids is 2. The zero-order chi connectivity index (χ0) is 28.1. The van der Waals surface area contributed by atoms with Gasteiger partial charge in [-0.2, -0.15) is 0 Å². The summed E-state index contributed by atoms with van der Waals surface area (Å²) in [5, 5.41) is 4.32. The Hall–Kier alpha value is -3.20. The first-order valence-corrected chi connectivity index (χ1v) is 14.7. The second kappa shape index (κ2) is 13.0. The lowest BCUT2D eigenvalue weighted by Gasteiger charge is -2.41. The molecule has 1 saturated heterocycles. The van der Waals surface area contributed by atoms with Gasteiger partial charge in [-0.1, -0.05) is 43.3 Å². The molecule has 1 fully saturated rings. The van der Waals surface area contributed by atoms with Crippen molar-refractivity contribution in [1.82, 2.24) is 24.6 Å². The second-order valence-electron chi connectivity index (χ2n) is 11.0. The van der Waals surface area contributed by atoms with Crippen LogP contribution in [0.3, 0.4) is 0 Å². The number of amides is 2. The molecule has 2 atom stereocenters. The van der Waals surface area contributed by atoms with E-state index in [-0.39, 0.29) is 11.8 Å². The molecular formula is C32H43N5O3. The van der Waals surface area contributed by atoms with E-state index in [1.807, 2.05) is 48.3 Å². The molecule has 2 unspecified atom stereocenters. The van der Waals surface area contributed by atoms with E-state index in [4.69, 9.17) is 4.74 Å². The number of nitrogens with one attached hydrogen (secondary N) is 1. The summed E-state index contributed by atoms with van der Waals surface area (Å²) < 4.78 is 7.49. The average Bonchev–Trinajstić information content (AvgIpc) is 3.31. The molecule has 5 rings (SSSR count). The van der Waals surface area contributed by atoms with Gasteiger partial charge >= 0.3 is 0 Å². The van der Waals surface area contributed by atoms with E-state index < -0.39 is 12.0 Å². The maximum absolute atomic E-state index is 14.1. The van der Waals surface area contributed by atoms with Gasteiger partial charge in [0.1, 0.15) is 0 Å². The fourth-order valence-corrected chi connectivity index (χ4v) is 6.44. The fourth-order valence-electron chi connectivity index (χ4n) is 6.44. The molecule has 214 valence electrons. The van der Waals surface area contributed by atoms with Crippen LogP contribution in [0.5, 0.6) is 0 Å². The van der Waals surface area contributed by atoms with Crippen molar-refractivity contribution >= 4 is 22.7 Å². The Morgan fingerprint density at radius 2 is 1.65 bits per heavy atom. The number of methoxy groups -OCH3 is 1. The maximum atomic E-state index is 14.1. The molecule has 0 bridgehead atoms. The van der Waals surface area contributed by atoms with E-state index in [1.165, 1.54) is 13.0 Å². The predicted octanol–water partition coefficient (Wildman–Crippen LogP) is 3.64. The number of fused-ring (bicyclic) bond motifs is 2. The van der Waals surface area contributed by atoms with E-state index >= 15 is 0 Å². The Morgan fingerprint density at radius 3 is 2.40 bits per heavy atom. The molecule has 0 radical (unpaired) electrons. The molecule has 0 aliphatic carbocycles. The number of carbonyl (C=O) groups is 2. The molecule has 3 aromatic rings. The summed E-state index contributed by atoms with van der Waals surface area (Å²) in [6.45, 7) is 10.2. The first kappa shape index (κ1) is 28.3. The predicted molar refractivity (Wildman–Crippen MR) is 159 cm³/mol. The number of hydrogen-bond donors (Lipinski definition) is 1. The Kier molecular flexibility index (Phi) is 9.19. The number of nitrogens with zero attached hydrogens (tertiary/aromatic N) is 4. The van der Waals surface area contributed by atoms with Crippen LogP contribution in [0.2, 0.25) is 0 Å². The minimum absolute atomic E-state index is 0.0342. The SMILES string of the molecule is CCCN1CCN(CCCNC(=O)C2c3ccccc3C(=O)N(CCOC)C2c2cn(C)c3ccccc23)CC1. The Balaban J connectivity index is 1.39. The van der Waals surface area contributed by atoms with Gasteiger partial charge in [0.2, 0.25) is 5.91 Å². The van der Waals surface area contributed by atoms with Gasteiger partial charge in [0.05, 0.1) is 18.6 Å². The zero-order valence-electron chi connectivity index (χ0n) is 24.1. The van der Waals surface area contributed by atoms with Gasteiger partial charge in [-0.15, -0.1) is 0 Å². The van der Waals surface area contributed by atoms with E-state index in [9.17, 15) is 9.59 Å². The van der Waals surface area contributed by atoms with Crippen molar-refractivity contribution in [3.8, 4) is 0 Å². The molecule has 0 saturated carbocycles. The Bertz CT molecular complexity index is 1310. The summed E-state index contributed by atoms with van der Waals surface area (Å²) in [6, 6.07) is 15.3. The third kappa shape index (κ3) is 5.80. The molecule has 2 amide bonds. The average molecular weight is 546 g/mol. The van der Waals surface area contributed by atoms with Crippen LogP contribution in [0.1, 0.15) is 53.2 Å². The first-order chi connectivity index (χ1) is 19.5. The molecule has 8 heteroatoms. The fraction of sp³-hybridized carbons (Fsp3) is 0.500. The lowest BCUT2D eigenvalue weighted by atomic mass is 9.79. The molecule has 40 heavy (non-hydrogen) atoms. The highest BCUT2D eigenvalue weighted by Crippen LogP contribution is 2.45. The quantitative estimate of drug-likeness (QED) is 0.373. The van der Waals surface area contributed by atoms with Crippen molar-refractivity contribution < 1.29 is 14.3 Å². The van der Waals surface area contributed by atoms with Gasteiger partial charge in [0, 0.05) is 81.7 Å². The molecule has 2 aromatic carbocycles. The van der Waals surface area contributed by atoms with Gasteiger partial charge in [-0.25, -0.2) is 0 Å². The summed E-state index contributed by atoms with van der Waals surface area (Å²) in [7, 11) is 3.66. The smallest absolute Gasteiger partial charge is 0.254 e. The van der Waals surface area contributed by atoms with Crippen molar-refractivity contribution in [2.24, 2.45) is 7.05 Å². The topological polar surface area (TPSA) is 70.1 Å². The highest BCUT2D eigenvalue weighted by molar-refractivity contribution is 6.02. The van der Waals surface area contributed by atoms with E-state index in [1.54, 1.807) is 7.11 Å². The van der Waals surface area contributed by atoms with Crippen LogP contribution < -0.4 is 5.32 Å². The second-order valence-corrected chi connectivity index (χ2v) is 11.0. The number of aryl methyl sites for hydroxylation is 1. The molecule has 3 heterocycles. The third-order valence-corrected chi connectivity index (χ3v) is 8.46. The molecule has 1 aromatic heterocycles.